The number of fused-ring (bicyclic) bond motifs is 1. The fourth-order valence-corrected chi connectivity index (χ4v) is 4.20. The average molecular weight is 265 g/mol. The van der Waals surface area contributed by atoms with Crippen LogP contribution in [0.1, 0.15) is 20.8 Å². The lowest BCUT2D eigenvalue weighted by Crippen LogP contribution is -2.02. The van der Waals surface area contributed by atoms with Crippen LogP contribution in [0.25, 0.3) is 9.40 Å². The maximum atomic E-state index is 12.1. The lowest BCUT2D eigenvalue weighted by Gasteiger charge is -2.02. The molecule has 2 aromatic heterocycles. The van der Waals surface area contributed by atoms with Crippen LogP contribution in [-0.4, -0.2) is 24.8 Å². The molecule has 0 aliphatic heterocycles. The minimum atomic E-state index is 0.101. The highest BCUT2D eigenvalue weighted by molar-refractivity contribution is 7.38. The van der Waals surface area contributed by atoms with E-state index in [2.05, 4.69) is 12.3 Å². The van der Waals surface area contributed by atoms with Crippen LogP contribution in [-0.2, 0) is 0 Å². The van der Waals surface area contributed by atoms with Gasteiger partial charge in [-0.1, -0.05) is 0 Å². The highest BCUT2D eigenvalue weighted by Gasteiger charge is 2.15. The molecule has 0 N–H and O–H groups in total. The van der Waals surface area contributed by atoms with Crippen LogP contribution >= 0.6 is 22.7 Å². The summed E-state index contributed by atoms with van der Waals surface area (Å²) in [7, 11) is 3.82. The summed E-state index contributed by atoms with van der Waals surface area (Å²) in [6.07, 6.45) is 3.43. The summed E-state index contributed by atoms with van der Waals surface area (Å²) in [6, 6.07) is 0. The number of aryl methyl sites for hydroxylation is 2. The smallest absolute Gasteiger partial charge is 0.197 e. The summed E-state index contributed by atoms with van der Waals surface area (Å²) in [4.78, 5) is 14.8. The highest BCUT2D eigenvalue weighted by Crippen LogP contribution is 2.37. The van der Waals surface area contributed by atoms with E-state index >= 15 is 0 Å². The molecule has 0 amide bonds. The Morgan fingerprint density at radius 1 is 1.35 bits per heavy atom. The van der Waals surface area contributed by atoms with Crippen molar-refractivity contribution in [2.45, 2.75) is 13.8 Å². The highest BCUT2D eigenvalue weighted by atomic mass is 32.2. The Kier molecular flexibility index (Phi) is 3.35. The molecule has 2 rings (SSSR count). The number of hydrogen-bond acceptors (Lipinski definition) is 4. The molecular weight excluding hydrogens is 250 g/mol. The molecule has 2 aromatic rings. The van der Waals surface area contributed by atoms with Gasteiger partial charge < -0.3 is 4.90 Å². The molecule has 2 heterocycles. The summed E-state index contributed by atoms with van der Waals surface area (Å²) >= 11 is 3.33. The van der Waals surface area contributed by atoms with Crippen molar-refractivity contribution >= 4 is 37.9 Å². The number of nitrogens with zero attached hydrogens (tertiary/aromatic N) is 1. The van der Waals surface area contributed by atoms with E-state index in [0.29, 0.717) is 0 Å². The number of carbonyl (C=O) groups excluding carboxylic acids is 1. The van der Waals surface area contributed by atoms with Gasteiger partial charge in [-0.3, -0.25) is 4.79 Å². The predicted octanol–water partition coefficient (Wildman–Crippen LogP) is 3.84. The third-order valence-corrected chi connectivity index (χ3v) is 5.13. The largest absolute Gasteiger partial charge is 0.383 e. The molecule has 0 unspecified atom stereocenters. The Hall–Kier alpha value is -1.13. The number of ketones is 1. The standard InChI is InChI=1S/C13H15NOS2/c1-8-7-16-13-11(8)9(2)12(17-13)10(15)5-6-14(3)4/h5-7H,1-4H3. The van der Waals surface area contributed by atoms with Crippen LogP contribution in [0, 0.1) is 13.8 Å². The number of rotatable bonds is 3. The number of carbonyl (C=O) groups is 1. The first-order chi connectivity index (χ1) is 8.00. The van der Waals surface area contributed by atoms with Crippen LogP contribution in [0.2, 0.25) is 0 Å². The molecule has 90 valence electrons. The number of allylic oxidation sites excluding steroid dienone is 1. The first-order valence-electron chi connectivity index (χ1n) is 5.37. The molecule has 0 spiro atoms. The molecule has 0 saturated carbocycles. The molecule has 17 heavy (non-hydrogen) atoms. The zero-order chi connectivity index (χ0) is 12.6. The molecule has 0 aromatic carbocycles. The number of thiophene rings is 2. The Morgan fingerprint density at radius 3 is 2.65 bits per heavy atom. The Labute approximate surface area is 109 Å². The van der Waals surface area contributed by atoms with Gasteiger partial charge in [-0.25, -0.2) is 0 Å². The van der Waals surface area contributed by atoms with Crippen molar-refractivity contribution in [1.82, 2.24) is 4.90 Å². The van der Waals surface area contributed by atoms with E-state index in [1.54, 1.807) is 34.9 Å². The summed E-state index contributed by atoms with van der Waals surface area (Å²) in [5.41, 5.74) is 2.39. The quantitative estimate of drug-likeness (QED) is 0.621. The summed E-state index contributed by atoms with van der Waals surface area (Å²) < 4.78 is 1.25. The second kappa shape index (κ2) is 4.63. The van der Waals surface area contributed by atoms with Crippen molar-refractivity contribution in [2.24, 2.45) is 0 Å². The van der Waals surface area contributed by atoms with Gasteiger partial charge in [0, 0.05) is 31.8 Å². The van der Waals surface area contributed by atoms with Crippen LogP contribution in [0.15, 0.2) is 17.7 Å². The van der Waals surface area contributed by atoms with Crippen molar-refractivity contribution in [3.05, 3.63) is 33.7 Å². The van der Waals surface area contributed by atoms with E-state index < -0.39 is 0 Å². The van der Waals surface area contributed by atoms with Crippen molar-refractivity contribution in [3.8, 4) is 0 Å². The molecule has 2 nitrogen and oxygen atoms in total. The first kappa shape index (κ1) is 12.3. The number of hydrogen-bond donors (Lipinski definition) is 0. The normalized spacial score (nSPS) is 11.5. The van der Waals surface area contributed by atoms with E-state index in [9.17, 15) is 4.79 Å². The van der Waals surface area contributed by atoms with Crippen LogP contribution in [0.4, 0.5) is 0 Å². The molecule has 0 saturated heterocycles. The Morgan fingerprint density at radius 2 is 2.06 bits per heavy atom. The van der Waals surface area contributed by atoms with Gasteiger partial charge in [-0.05, 0) is 30.4 Å². The van der Waals surface area contributed by atoms with Crippen molar-refractivity contribution in [3.63, 3.8) is 0 Å². The first-order valence-corrected chi connectivity index (χ1v) is 7.06. The lowest BCUT2D eigenvalue weighted by atomic mass is 10.1. The van der Waals surface area contributed by atoms with E-state index in [1.165, 1.54) is 15.0 Å². The van der Waals surface area contributed by atoms with Gasteiger partial charge in [0.05, 0.1) is 8.89 Å². The fraction of sp³-hybridized carbons (Fsp3) is 0.308. The van der Waals surface area contributed by atoms with Gasteiger partial charge in [0.2, 0.25) is 0 Å². The van der Waals surface area contributed by atoms with Gasteiger partial charge in [0.1, 0.15) is 0 Å². The van der Waals surface area contributed by atoms with E-state index in [-0.39, 0.29) is 5.78 Å². The van der Waals surface area contributed by atoms with E-state index in [4.69, 9.17) is 0 Å². The SMILES string of the molecule is Cc1csc2sc(C(=O)C=CN(C)C)c(C)c12. The minimum Gasteiger partial charge on any atom is -0.383 e. The summed E-state index contributed by atoms with van der Waals surface area (Å²) in [5, 5.41) is 3.42. The van der Waals surface area contributed by atoms with E-state index in [0.717, 1.165) is 10.4 Å². The maximum absolute atomic E-state index is 12.1. The van der Waals surface area contributed by atoms with E-state index in [1.807, 2.05) is 25.9 Å². The second-order valence-corrected chi connectivity index (χ2v) is 6.44. The molecule has 0 fully saturated rings. The van der Waals surface area contributed by atoms with Gasteiger partial charge in [0.15, 0.2) is 5.78 Å². The minimum absolute atomic E-state index is 0.101. The average Bonchev–Trinajstić information content (AvgIpc) is 2.78. The zero-order valence-corrected chi connectivity index (χ0v) is 12.0. The second-order valence-electron chi connectivity index (χ2n) is 4.28. The fourth-order valence-electron chi connectivity index (χ4n) is 1.76. The molecular formula is C13H15NOS2. The molecule has 0 radical (unpaired) electrons. The molecule has 4 heteroatoms. The van der Waals surface area contributed by atoms with Crippen LogP contribution in [0.5, 0.6) is 0 Å². The molecule has 0 aliphatic carbocycles. The topological polar surface area (TPSA) is 20.3 Å². The molecule has 0 aliphatic rings. The summed E-state index contributed by atoms with van der Waals surface area (Å²) in [6.45, 7) is 4.14. The lowest BCUT2D eigenvalue weighted by molar-refractivity contribution is 0.104. The molecule has 0 atom stereocenters. The Bertz CT molecular complexity index is 590. The Balaban J connectivity index is 2.42. The zero-order valence-electron chi connectivity index (χ0n) is 10.4. The third kappa shape index (κ3) is 2.28. The van der Waals surface area contributed by atoms with Gasteiger partial charge >= 0.3 is 0 Å². The third-order valence-electron chi connectivity index (χ3n) is 2.60. The van der Waals surface area contributed by atoms with Gasteiger partial charge in [-0.2, -0.15) is 0 Å². The maximum Gasteiger partial charge on any atom is 0.197 e. The predicted molar refractivity (Wildman–Crippen MR) is 76.3 cm³/mol. The molecule has 0 bridgehead atoms. The van der Waals surface area contributed by atoms with Gasteiger partial charge in [-0.15, -0.1) is 22.7 Å². The summed E-state index contributed by atoms with van der Waals surface area (Å²) in [5.74, 6) is 0.101. The monoisotopic (exact) mass is 265 g/mol. The van der Waals surface area contributed by atoms with Gasteiger partial charge in [0.25, 0.3) is 0 Å². The van der Waals surface area contributed by atoms with Crippen LogP contribution in [0.3, 0.4) is 0 Å². The van der Waals surface area contributed by atoms with Crippen molar-refractivity contribution in [2.75, 3.05) is 14.1 Å². The van der Waals surface area contributed by atoms with Crippen molar-refractivity contribution in [1.29, 1.82) is 0 Å². The van der Waals surface area contributed by atoms with Crippen LogP contribution < -0.4 is 0 Å². The van der Waals surface area contributed by atoms with Crippen molar-refractivity contribution < 1.29 is 4.79 Å².